The number of aromatic nitrogens is 2. The Labute approximate surface area is 218 Å². The van der Waals surface area contributed by atoms with E-state index in [1.807, 2.05) is 97.1 Å². The summed E-state index contributed by atoms with van der Waals surface area (Å²) in [6.45, 7) is 0. The van der Waals surface area contributed by atoms with Crippen molar-refractivity contribution in [3.8, 4) is 45.8 Å². The van der Waals surface area contributed by atoms with E-state index in [0.717, 1.165) is 28.1 Å². The van der Waals surface area contributed by atoms with Crippen molar-refractivity contribution in [2.45, 2.75) is 0 Å². The van der Waals surface area contributed by atoms with Gasteiger partial charge in [0, 0.05) is 38.2 Å². The Bertz CT molecular complexity index is 1400. The summed E-state index contributed by atoms with van der Waals surface area (Å²) in [6, 6.07) is 41.0. The minimum Gasteiger partial charge on any atom is -0.305 e. The van der Waals surface area contributed by atoms with Crippen LogP contribution >= 0.6 is 0 Å². The molecule has 0 amide bonds. The normalized spacial score (nSPS) is 9.43. The number of rotatable bonds is 3. The minimum atomic E-state index is 0. The molecule has 0 aliphatic carbocycles. The maximum atomic E-state index is 9.06. The molecule has 3 aromatic carbocycles. The number of nitriles is 2. The zero-order valence-corrected chi connectivity index (χ0v) is 20.9. The van der Waals surface area contributed by atoms with Crippen LogP contribution in [-0.2, 0) is 20.1 Å². The largest absolute Gasteiger partial charge is 0.305 e. The van der Waals surface area contributed by atoms with Gasteiger partial charge in [0.25, 0.3) is 0 Å². The second-order valence-corrected chi connectivity index (χ2v) is 7.17. The van der Waals surface area contributed by atoms with Crippen molar-refractivity contribution in [1.82, 2.24) is 9.97 Å². The molecule has 1 radical (unpaired) electrons. The fourth-order valence-electron chi connectivity index (χ4n) is 3.25. The van der Waals surface area contributed by atoms with E-state index in [0.29, 0.717) is 11.1 Å². The SMILES string of the molecule is N#Cc1[c-]c(-c2ccc(-c3ccccc3)cn2)ccc1C#N.[Ir].[c-]1ccccc1-c1ccccn1. The Kier molecular flexibility index (Phi) is 9.17. The Morgan fingerprint density at radius 1 is 0.629 bits per heavy atom. The summed E-state index contributed by atoms with van der Waals surface area (Å²) in [4.78, 5) is 8.65. The van der Waals surface area contributed by atoms with E-state index < -0.39 is 0 Å². The Balaban J connectivity index is 0.000000223. The maximum Gasteiger partial charge on any atom is 0.0584 e. The molecular formula is C30H18IrN4-2. The Hall–Kier alpha value is -4.41. The number of hydrogen-bond donors (Lipinski definition) is 0. The predicted octanol–water partition coefficient (Wildman–Crippen LogP) is 6.51. The second kappa shape index (κ2) is 12.7. The molecule has 0 saturated heterocycles. The molecular weight excluding hydrogens is 609 g/mol. The summed E-state index contributed by atoms with van der Waals surface area (Å²) in [5.74, 6) is 0. The summed E-state index contributed by atoms with van der Waals surface area (Å²) in [6.07, 6.45) is 3.58. The Morgan fingerprint density at radius 2 is 1.40 bits per heavy atom. The standard InChI is InChI=1S/C19H10N3.C11H8N.Ir/c20-11-16-7-6-15(10-18(16)12-21)19-9-8-17(13-22-19)14-4-2-1-3-5-14;1-2-6-10(7-3-1)11-8-4-5-9-12-11;/h1-9,13H;1-6,8-9H;/q2*-1;. The van der Waals surface area contributed by atoms with E-state index >= 15 is 0 Å². The summed E-state index contributed by atoms with van der Waals surface area (Å²) < 4.78 is 0. The van der Waals surface area contributed by atoms with E-state index in [1.165, 1.54) is 0 Å². The molecule has 0 bridgehead atoms. The van der Waals surface area contributed by atoms with Crippen LogP contribution in [0.5, 0.6) is 0 Å². The zero-order chi connectivity index (χ0) is 23.6. The molecule has 4 nitrogen and oxygen atoms in total. The maximum absolute atomic E-state index is 9.06. The van der Waals surface area contributed by atoms with Gasteiger partial charge in [0.2, 0.25) is 0 Å². The van der Waals surface area contributed by atoms with Crippen molar-refractivity contribution in [3.05, 3.63) is 133 Å². The molecule has 0 N–H and O–H groups in total. The van der Waals surface area contributed by atoms with Crippen molar-refractivity contribution >= 4 is 0 Å². The molecule has 0 spiro atoms. The zero-order valence-electron chi connectivity index (χ0n) is 18.5. The third-order valence-electron chi connectivity index (χ3n) is 4.97. The molecule has 169 valence electrons. The molecule has 0 aliphatic rings. The summed E-state index contributed by atoms with van der Waals surface area (Å²) >= 11 is 0. The number of hydrogen-bond acceptors (Lipinski definition) is 4. The molecule has 2 heterocycles. The van der Waals surface area contributed by atoms with E-state index in [1.54, 1.807) is 24.5 Å². The average Bonchev–Trinajstić information content (AvgIpc) is 2.94. The van der Waals surface area contributed by atoms with Crippen LogP contribution < -0.4 is 0 Å². The Morgan fingerprint density at radius 3 is 2.03 bits per heavy atom. The predicted molar refractivity (Wildman–Crippen MR) is 132 cm³/mol. The van der Waals surface area contributed by atoms with Crippen molar-refractivity contribution in [2.75, 3.05) is 0 Å². The van der Waals surface area contributed by atoms with Crippen LogP contribution in [0, 0.1) is 34.8 Å². The van der Waals surface area contributed by atoms with Gasteiger partial charge >= 0.3 is 0 Å². The summed E-state index contributed by atoms with van der Waals surface area (Å²) in [7, 11) is 0. The molecule has 35 heavy (non-hydrogen) atoms. The quantitative estimate of drug-likeness (QED) is 0.214. The molecule has 0 saturated carbocycles. The number of nitrogens with zero attached hydrogens (tertiary/aromatic N) is 4. The molecule has 5 heteroatoms. The van der Waals surface area contributed by atoms with Crippen molar-refractivity contribution < 1.29 is 20.1 Å². The van der Waals surface area contributed by atoms with E-state index in [9.17, 15) is 0 Å². The number of benzene rings is 3. The fraction of sp³-hybridized carbons (Fsp3) is 0. The van der Waals surface area contributed by atoms with Gasteiger partial charge in [0.1, 0.15) is 0 Å². The smallest absolute Gasteiger partial charge is 0.0584 e. The monoisotopic (exact) mass is 627 g/mol. The third kappa shape index (κ3) is 6.56. The molecule has 0 atom stereocenters. The van der Waals surface area contributed by atoms with Crippen LogP contribution in [0.4, 0.5) is 0 Å². The second-order valence-electron chi connectivity index (χ2n) is 7.17. The summed E-state index contributed by atoms with van der Waals surface area (Å²) in [5.41, 5.74) is 6.13. The van der Waals surface area contributed by atoms with E-state index in [4.69, 9.17) is 10.5 Å². The van der Waals surface area contributed by atoms with Crippen molar-refractivity contribution in [3.63, 3.8) is 0 Å². The molecule has 0 fully saturated rings. The van der Waals surface area contributed by atoms with Gasteiger partial charge in [-0.2, -0.15) is 0 Å². The van der Waals surface area contributed by atoms with Gasteiger partial charge < -0.3 is 4.98 Å². The minimum absolute atomic E-state index is 0. The van der Waals surface area contributed by atoms with Crippen molar-refractivity contribution in [1.29, 1.82) is 10.5 Å². The van der Waals surface area contributed by atoms with Gasteiger partial charge in [-0.15, -0.1) is 54.1 Å². The van der Waals surface area contributed by atoms with Gasteiger partial charge in [-0.3, -0.25) is 4.98 Å². The summed E-state index contributed by atoms with van der Waals surface area (Å²) in [5, 5.41) is 18.0. The van der Waals surface area contributed by atoms with Crippen LogP contribution in [0.3, 0.4) is 0 Å². The van der Waals surface area contributed by atoms with Gasteiger partial charge in [-0.05, 0) is 40.1 Å². The number of pyridine rings is 2. The van der Waals surface area contributed by atoms with E-state index in [2.05, 4.69) is 22.1 Å². The first kappa shape index (κ1) is 25.2. The van der Waals surface area contributed by atoms with Gasteiger partial charge in [-0.1, -0.05) is 60.2 Å². The van der Waals surface area contributed by atoms with Gasteiger partial charge in [0.15, 0.2) is 0 Å². The molecule has 0 aliphatic heterocycles. The molecule has 2 aromatic heterocycles. The van der Waals surface area contributed by atoms with Crippen LogP contribution in [0.15, 0.2) is 109 Å². The third-order valence-corrected chi connectivity index (χ3v) is 4.97. The average molecular weight is 627 g/mol. The van der Waals surface area contributed by atoms with Crippen LogP contribution in [0.25, 0.3) is 33.6 Å². The molecule has 0 unspecified atom stereocenters. The van der Waals surface area contributed by atoms with Gasteiger partial charge in [0.05, 0.1) is 6.07 Å². The molecule has 5 aromatic rings. The first-order valence-electron chi connectivity index (χ1n) is 10.5. The van der Waals surface area contributed by atoms with Crippen LogP contribution in [0.2, 0.25) is 0 Å². The van der Waals surface area contributed by atoms with E-state index in [-0.39, 0.29) is 25.7 Å². The molecule has 5 rings (SSSR count). The van der Waals surface area contributed by atoms with Gasteiger partial charge in [-0.25, -0.2) is 10.5 Å². The van der Waals surface area contributed by atoms with Crippen LogP contribution in [0.1, 0.15) is 11.1 Å². The fourth-order valence-corrected chi connectivity index (χ4v) is 3.25. The first-order valence-corrected chi connectivity index (χ1v) is 10.5. The van der Waals surface area contributed by atoms with Crippen molar-refractivity contribution in [2.24, 2.45) is 0 Å². The first-order chi connectivity index (χ1) is 16.8. The topological polar surface area (TPSA) is 73.4 Å². The van der Waals surface area contributed by atoms with Crippen LogP contribution in [-0.4, -0.2) is 9.97 Å².